The first-order valence-corrected chi connectivity index (χ1v) is 15.6. The van der Waals surface area contributed by atoms with Gasteiger partial charge >= 0.3 is 5.97 Å². The van der Waals surface area contributed by atoms with Crippen molar-refractivity contribution in [3.8, 4) is 0 Å². The SMILES string of the molecule is CC(C)CCC[C@@H](C)[C@H]1CC(=O)[C@@H]2[C@]1(C)CC[C@@H]1[C@@]3(C)CC[C@H](OC(=O)c4ccccc4)C[C@@H]3C[C@H]3O[C@]123. The predicted octanol–water partition coefficient (Wildman–Crippen LogP) is 7.64. The monoisotopic (exact) mass is 520 g/mol. The normalized spacial score (nSPS) is 44.0. The molecule has 1 aromatic carbocycles. The largest absolute Gasteiger partial charge is 0.459 e. The molecule has 1 aliphatic heterocycles. The molecule has 4 aliphatic carbocycles. The smallest absolute Gasteiger partial charge is 0.338 e. The highest BCUT2D eigenvalue weighted by molar-refractivity contribution is 5.89. The van der Waals surface area contributed by atoms with Gasteiger partial charge in [-0.15, -0.1) is 0 Å². The summed E-state index contributed by atoms with van der Waals surface area (Å²) in [5, 5.41) is 0. The van der Waals surface area contributed by atoms with E-state index >= 15 is 0 Å². The maximum Gasteiger partial charge on any atom is 0.338 e. The molecule has 0 unspecified atom stereocenters. The third-order valence-corrected chi connectivity index (χ3v) is 12.2. The molecule has 0 radical (unpaired) electrons. The minimum atomic E-state index is -0.227. The van der Waals surface area contributed by atoms with Gasteiger partial charge in [-0.1, -0.05) is 72.1 Å². The lowest BCUT2D eigenvalue weighted by atomic mass is 9.44. The van der Waals surface area contributed by atoms with Crippen LogP contribution in [0.25, 0.3) is 0 Å². The van der Waals surface area contributed by atoms with Crippen LogP contribution in [0.1, 0.15) is 109 Å². The molecule has 5 fully saturated rings. The van der Waals surface area contributed by atoms with Crippen molar-refractivity contribution in [2.45, 2.75) is 117 Å². The highest BCUT2D eigenvalue weighted by Crippen LogP contribution is 2.75. The fourth-order valence-electron chi connectivity index (χ4n) is 10.2. The highest BCUT2D eigenvalue weighted by atomic mass is 16.6. The van der Waals surface area contributed by atoms with Crippen molar-refractivity contribution >= 4 is 11.8 Å². The van der Waals surface area contributed by atoms with E-state index in [2.05, 4.69) is 34.6 Å². The standard InChI is InChI=1S/C34H48O4/c1-21(2)10-9-11-22(3)26-20-27(35)30-33(26,5)17-15-28-32(4)16-14-25(18-24(32)19-29-34(28,30)38-29)37-31(36)23-12-7-6-8-13-23/h6-8,12-13,21-22,24-26,28-30H,9-11,14-20H2,1-5H3/t22-,24-,25+,26-,28-,29-,30-,32+,33-,34+/m1/s1. The minimum absolute atomic E-state index is 0.0231. The molecule has 1 heterocycles. The number of epoxide rings is 1. The summed E-state index contributed by atoms with van der Waals surface area (Å²) in [4.78, 5) is 26.6. The number of ketones is 1. The zero-order chi connectivity index (χ0) is 26.9. The molecule has 208 valence electrons. The number of hydrogen-bond donors (Lipinski definition) is 0. The van der Waals surface area contributed by atoms with Gasteiger partial charge in [-0.05, 0) is 91.1 Å². The number of esters is 1. The van der Waals surface area contributed by atoms with Crippen molar-refractivity contribution in [1.29, 1.82) is 0 Å². The van der Waals surface area contributed by atoms with Gasteiger partial charge in [-0.25, -0.2) is 4.79 Å². The third-order valence-electron chi connectivity index (χ3n) is 12.2. The van der Waals surface area contributed by atoms with E-state index in [9.17, 15) is 9.59 Å². The number of benzene rings is 1. The van der Waals surface area contributed by atoms with Gasteiger partial charge in [0.1, 0.15) is 17.5 Å². The number of carbonyl (C=O) groups is 2. The highest BCUT2D eigenvalue weighted by Gasteiger charge is 2.80. The number of rotatable bonds is 7. The Hall–Kier alpha value is -1.68. The maximum absolute atomic E-state index is 13.8. The van der Waals surface area contributed by atoms with Crippen LogP contribution in [-0.4, -0.2) is 29.6 Å². The van der Waals surface area contributed by atoms with Crippen molar-refractivity contribution in [2.75, 3.05) is 0 Å². The molecule has 1 saturated heterocycles. The lowest BCUT2D eigenvalue weighted by Crippen LogP contribution is -2.60. The van der Waals surface area contributed by atoms with Crippen molar-refractivity contribution in [1.82, 2.24) is 0 Å². The molecule has 10 atom stereocenters. The Balaban J connectivity index is 1.17. The lowest BCUT2D eigenvalue weighted by Gasteiger charge is -2.59. The van der Waals surface area contributed by atoms with E-state index in [1.807, 2.05) is 30.3 Å². The number of carbonyl (C=O) groups excluding carboxylic acids is 2. The molecule has 4 saturated carbocycles. The van der Waals surface area contributed by atoms with E-state index in [-0.39, 0.29) is 40.5 Å². The minimum Gasteiger partial charge on any atom is -0.459 e. The Morgan fingerprint density at radius 2 is 1.76 bits per heavy atom. The molecule has 4 heteroatoms. The van der Waals surface area contributed by atoms with Gasteiger partial charge in [0.15, 0.2) is 0 Å². The van der Waals surface area contributed by atoms with Crippen LogP contribution in [-0.2, 0) is 14.3 Å². The third kappa shape index (κ3) is 4.02. The van der Waals surface area contributed by atoms with E-state index in [4.69, 9.17) is 9.47 Å². The zero-order valence-electron chi connectivity index (χ0n) is 24.2. The van der Waals surface area contributed by atoms with Gasteiger partial charge in [0, 0.05) is 6.42 Å². The van der Waals surface area contributed by atoms with Gasteiger partial charge < -0.3 is 9.47 Å². The molecule has 4 nitrogen and oxygen atoms in total. The second-order valence-electron chi connectivity index (χ2n) is 14.7. The molecule has 6 rings (SSSR count). The predicted molar refractivity (Wildman–Crippen MR) is 149 cm³/mol. The first-order chi connectivity index (χ1) is 18.1. The van der Waals surface area contributed by atoms with Gasteiger partial charge in [-0.3, -0.25) is 4.79 Å². The number of Topliss-reactive ketones (excluding diaryl/α,β-unsaturated/α-hetero) is 1. The fraction of sp³-hybridized carbons (Fsp3) is 0.765. The summed E-state index contributed by atoms with van der Waals surface area (Å²) in [6.45, 7) is 12.0. The number of fused-ring (bicyclic) bond motifs is 3. The summed E-state index contributed by atoms with van der Waals surface area (Å²) in [6, 6.07) is 9.36. The van der Waals surface area contributed by atoms with Crippen LogP contribution in [0.4, 0.5) is 0 Å². The first kappa shape index (κ1) is 26.5. The average Bonchev–Trinajstić information content (AvgIpc) is 3.49. The summed E-state index contributed by atoms with van der Waals surface area (Å²) in [7, 11) is 0. The van der Waals surface area contributed by atoms with Crippen LogP contribution < -0.4 is 0 Å². The molecule has 1 spiro atoms. The summed E-state index contributed by atoms with van der Waals surface area (Å²) in [5.74, 6) is 3.13. The zero-order valence-corrected chi connectivity index (χ0v) is 24.2. The van der Waals surface area contributed by atoms with E-state index in [0.717, 1.165) is 44.4 Å². The van der Waals surface area contributed by atoms with Gasteiger partial charge in [0.2, 0.25) is 0 Å². The van der Waals surface area contributed by atoms with Gasteiger partial charge in [0.05, 0.1) is 17.6 Å². The van der Waals surface area contributed by atoms with E-state index in [1.165, 1.54) is 25.7 Å². The van der Waals surface area contributed by atoms with Crippen LogP contribution in [0.15, 0.2) is 30.3 Å². The Labute approximate surface area is 229 Å². The van der Waals surface area contributed by atoms with Gasteiger partial charge in [-0.2, -0.15) is 0 Å². The van der Waals surface area contributed by atoms with Crippen molar-refractivity contribution in [2.24, 2.45) is 46.3 Å². The van der Waals surface area contributed by atoms with Crippen molar-refractivity contribution in [3.05, 3.63) is 35.9 Å². The summed E-state index contributed by atoms with van der Waals surface area (Å²) in [6.07, 6.45) is 11.0. The second kappa shape index (κ2) is 9.46. The Morgan fingerprint density at radius 3 is 2.50 bits per heavy atom. The molecule has 1 aromatic rings. The Bertz CT molecular complexity index is 1070. The van der Waals surface area contributed by atoms with Crippen LogP contribution >= 0.6 is 0 Å². The molecule has 0 amide bonds. The molecule has 5 aliphatic rings. The lowest BCUT2D eigenvalue weighted by molar-refractivity contribution is -0.142. The summed E-state index contributed by atoms with van der Waals surface area (Å²) >= 11 is 0. The second-order valence-corrected chi connectivity index (χ2v) is 14.7. The van der Waals surface area contributed by atoms with E-state index in [0.29, 0.717) is 35.0 Å². The van der Waals surface area contributed by atoms with Crippen LogP contribution in [0.3, 0.4) is 0 Å². The fourth-order valence-corrected chi connectivity index (χ4v) is 10.2. The summed E-state index contributed by atoms with van der Waals surface area (Å²) in [5.41, 5.74) is 0.638. The van der Waals surface area contributed by atoms with Crippen molar-refractivity contribution in [3.63, 3.8) is 0 Å². The van der Waals surface area contributed by atoms with E-state index in [1.54, 1.807) is 0 Å². The quantitative estimate of drug-likeness (QED) is 0.274. The molecular weight excluding hydrogens is 472 g/mol. The average molecular weight is 521 g/mol. The number of hydrogen-bond acceptors (Lipinski definition) is 4. The van der Waals surface area contributed by atoms with Gasteiger partial charge in [0.25, 0.3) is 0 Å². The van der Waals surface area contributed by atoms with Crippen molar-refractivity contribution < 1.29 is 19.1 Å². The Kier molecular flexibility index (Phi) is 6.61. The summed E-state index contributed by atoms with van der Waals surface area (Å²) < 4.78 is 12.8. The molecule has 0 bridgehead atoms. The van der Waals surface area contributed by atoms with Crippen LogP contribution in [0.5, 0.6) is 0 Å². The topological polar surface area (TPSA) is 55.9 Å². The van der Waals surface area contributed by atoms with E-state index < -0.39 is 0 Å². The number of ether oxygens (including phenoxy) is 2. The first-order valence-electron chi connectivity index (χ1n) is 15.6. The maximum atomic E-state index is 13.8. The Morgan fingerprint density at radius 1 is 1.03 bits per heavy atom. The molecule has 0 N–H and O–H groups in total. The van der Waals surface area contributed by atoms with Crippen LogP contribution in [0.2, 0.25) is 0 Å². The molecular formula is C34H48O4. The molecule has 38 heavy (non-hydrogen) atoms. The van der Waals surface area contributed by atoms with Crippen LogP contribution in [0, 0.1) is 46.3 Å². The molecule has 0 aromatic heterocycles.